The van der Waals surface area contributed by atoms with Crippen LogP contribution in [0, 0.1) is 5.92 Å². The van der Waals surface area contributed by atoms with Crippen LogP contribution in [-0.4, -0.2) is 54.1 Å². The minimum atomic E-state index is -3.86. The SMILES string of the molecule is CC(C)C[C@@H](NS(=O)(=O)N1CCC(Oc2ccc(Cl)cn2)CC1)C(=O)NO. The van der Waals surface area contributed by atoms with Crippen molar-refractivity contribution in [3.05, 3.63) is 23.4 Å². The number of halogens is 1. The zero-order chi connectivity index (χ0) is 20.0. The molecule has 11 heteroatoms. The van der Waals surface area contributed by atoms with Crippen molar-refractivity contribution in [1.82, 2.24) is 19.5 Å². The van der Waals surface area contributed by atoms with E-state index in [4.69, 9.17) is 21.5 Å². The highest BCUT2D eigenvalue weighted by molar-refractivity contribution is 7.87. The number of rotatable bonds is 8. The lowest BCUT2D eigenvalue weighted by atomic mass is 10.0. The molecule has 1 atom stereocenters. The van der Waals surface area contributed by atoms with Crippen LogP contribution >= 0.6 is 11.6 Å². The molecule has 2 rings (SSSR count). The van der Waals surface area contributed by atoms with Crippen molar-refractivity contribution in [2.75, 3.05) is 13.1 Å². The molecule has 27 heavy (non-hydrogen) atoms. The van der Waals surface area contributed by atoms with Crippen LogP contribution in [0.2, 0.25) is 5.02 Å². The smallest absolute Gasteiger partial charge is 0.280 e. The summed E-state index contributed by atoms with van der Waals surface area (Å²) in [5.41, 5.74) is 1.51. The number of carbonyl (C=O) groups is 1. The molecule has 0 unspecified atom stereocenters. The summed E-state index contributed by atoms with van der Waals surface area (Å²) in [6.45, 7) is 4.23. The first-order valence-corrected chi connectivity index (χ1v) is 10.5. The summed E-state index contributed by atoms with van der Waals surface area (Å²) in [5.74, 6) is -0.268. The maximum Gasteiger partial charge on any atom is 0.280 e. The molecule has 0 saturated carbocycles. The summed E-state index contributed by atoms with van der Waals surface area (Å²) >= 11 is 5.79. The number of carbonyl (C=O) groups excluding carboxylic acids is 1. The molecule has 1 aromatic rings. The number of hydrogen-bond acceptors (Lipinski definition) is 6. The molecule has 9 nitrogen and oxygen atoms in total. The number of nitrogens with zero attached hydrogens (tertiary/aromatic N) is 2. The predicted molar refractivity (Wildman–Crippen MR) is 99.7 cm³/mol. The van der Waals surface area contributed by atoms with E-state index in [-0.39, 0.29) is 31.5 Å². The number of aromatic nitrogens is 1. The normalized spacial score (nSPS) is 17.7. The van der Waals surface area contributed by atoms with Crippen molar-refractivity contribution in [3.63, 3.8) is 0 Å². The Balaban J connectivity index is 1.92. The van der Waals surface area contributed by atoms with Gasteiger partial charge in [-0.2, -0.15) is 17.4 Å². The molecule has 1 fully saturated rings. The van der Waals surface area contributed by atoms with Gasteiger partial charge in [-0.05, 0) is 31.2 Å². The van der Waals surface area contributed by atoms with Gasteiger partial charge in [-0.15, -0.1) is 0 Å². The van der Waals surface area contributed by atoms with Crippen molar-refractivity contribution < 1.29 is 23.2 Å². The second-order valence-corrected chi connectivity index (χ2v) is 8.95. The Labute approximate surface area is 164 Å². The fraction of sp³-hybridized carbons (Fsp3) is 0.625. The number of ether oxygens (including phenoxy) is 1. The highest BCUT2D eigenvalue weighted by Gasteiger charge is 2.33. The minimum Gasteiger partial charge on any atom is -0.474 e. The number of hydrogen-bond donors (Lipinski definition) is 3. The van der Waals surface area contributed by atoms with Crippen LogP contribution in [0.1, 0.15) is 33.1 Å². The highest BCUT2D eigenvalue weighted by Crippen LogP contribution is 2.20. The van der Waals surface area contributed by atoms with Crippen LogP contribution in [0.25, 0.3) is 0 Å². The largest absolute Gasteiger partial charge is 0.474 e. The number of pyridine rings is 1. The molecule has 0 radical (unpaired) electrons. The van der Waals surface area contributed by atoms with Gasteiger partial charge in [0, 0.05) is 25.4 Å². The molecule has 0 aliphatic carbocycles. The molecule has 0 spiro atoms. The van der Waals surface area contributed by atoms with Gasteiger partial charge in [0.05, 0.1) is 5.02 Å². The average Bonchev–Trinajstić information content (AvgIpc) is 2.62. The van der Waals surface area contributed by atoms with Gasteiger partial charge in [0.1, 0.15) is 12.1 Å². The summed E-state index contributed by atoms with van der Waals surface area (Å²) in [7, 11) is -3.86. The molecule has 0 bridgehead atoms. The second kappa shape index (κ2) is 9.65. The molecule has 1 aliphatic rings. The van der Waals surface area contributed by atoms with Crippen LogP contribution < -0.4 is 14.9 Å². The van der Waals surface area contributed by atoms with E-state index in [1.54, 1.807) is 12.1 Å². The fourth-order valence-electron chi connectivity index (χ4n) is 2.81. The van der Waals surface area contributed by atoms with E-state index in [9.17, 15) is 13.2 Å². The zero-order valence-corrected chi connectivity index (χ0v) is 16.8. The van der Waals surface area contributed by atoms with Gasteiger partial charge in [0.2, 0.25) is 5.88 Å². The third-order valence-corrected chi connectivity index (χ3v) is 6.00. The number of nitrogens with one attached hydrogen (secondary N) is 2. The summed E-state index contributed by atoms with van der Waals surface area (Å²) < 4.78 is 34.6. The van der Waals surface area contributed by atoms with Gasteiger partial charge in [0.15, 0.2) is 0 Å². The number of hydroxylamine groups is 1. The molecule has 1 aromatic heterocycles. The summed E-state index contributed by atoms with van der Waals surface area (Å²) in [5, 5.41) is 9.35. The standard InChI is InChI=1S/C16H25ClN4O5S/c1-11(2)9-14(16(22)19-23)20-27(24,25)21-7-5-13(6-8-21)26-15-4-3-12(17)10-18-15/h3-4,10-11,13-14,20,23H,5-9H2,1-2H3,(H,19,22)/t14-/m1/s1. The average molecular weight is 421 g/mol. The van der Waals surface area contributed by atoms with E-state index in [2.05, 4.69) is 9.71 Å². The monoisotopic (exact) mass is 420 g/mol. The quantitative estimate of drug-likeness (QED) is 0.431. The third kappa shape index (κ3) is 6.58. The first-order chi connectivity index (χ1) is 12.7. The van der Waals surface area contributed by atoms with Crippen LogP contribution in [-0.2, 0) is 15.0 Å². The lowest BCUT2D eigenvalue weighted by Crippen LogP contribution is -2.53. The van der Waals surface area contributed by atoms with E-state index in [0.29, 0.717) is 23.7 Å². The Morgan fingerprint density at radius 3 is 2.59 bits per heavy atom. The Bertz CT molecular complexity index is 721. The van der Waals surface area contributed by atoms with Crippen LogP contribution in [0.5, 0.6) is 5.88 Å². The Morgan fingerprint density at radius 2 is 2.07 bits per heavy atom. The van der Waals surface area contributed by atoms with Gasteiger partial charge >= 0.3 is 0 Å². The topological polar surface area (TPSA) is 121 Å². The summed E-state index contributed by atoms with van der Waals surface area (Å²) in [6, 6.07) is 2.30. The first-order valence-electron chi connectivity index (χ1n) is 8.71. The van der Waals surface area contributed by atoms with Gasteiger partial charge in [-0.3, -0.25) is 10.0 Å². The third-order valence-electron chi connectivity index (χ3n) is 4.15. The number of piperidine rings is 1. The molecule has 1 amide bonds. The Kier molecular flexibility index (Phi) is 7.80. The molecule has 1 aliphatic heterocycles. The van der Waals surface area contributed by atoms with Gasteiger partial charge < -0.3 is 4.74 Å². The second-order valence-electron chi connectivity index (χ2n) is 6.81. The van der Waals surface area contributed by atoms with Crippen molar-refractivity contribution in [2.24, 2.45) is 5.92 Å². The van der Waals surface area contributed by atoms with Crippen LogP contribution in [0.4, 0.5) is 0 Å². The van der Waals surface area contributed by atoms with Crippen molar-refractivity contribution in [3.8, 4) is 5.88 Å². The molecule has 1 saturated heterocycles. The van der Waals surface area contributed by atoms with E-state index in [0.717, 1.165) is 0 Å². The first kappa shape index (κ1) is 21.8. The molecular formula is C16H25ClN4O5S. The van der Waals surface area contributed by atoms with Gasteiger partial charge in [-0.1, -0.05) is 25.4 Å². The molecule has 2 heterocycles. The van der Waals surface area contributed by atoms with Gasteiger partial charge in [0.25, 0.3) is 16.1 Å². The molecule has 152 valence electrons. The highest BCUT2D eigenvalue weighted by atomic mass is 35.5. The predicted octanol–water partition coefficient (Wildman–Crippen LogP) is 1.33. The van der Waals surface area contributed by atoms with Crippen LogP contribution in [0.3, 0.4) is 0 Å². The van der Waals surface area contributed by atoms with Crippen molar-refractivity contribution in [1.29, 1.82) is 0 Å². The summed E-state index contributed by atoms with van der Waals surface area (Å²) in [4.78, 5) is 15.8. The zero-order valence-electron chi connectivity index (χ0n) is 15.3. The summed E-state index contributed by atoms with van der Waals surface area (Å²) in [6.07, 6.45) is 2.59. The van der Waals surface area contributed by atoms with E-state index in [1.165, 1.54) is 16.0 Å². The molecular weight excluding hydrogens is 396 g/mol. The van der Waals surface area contributed by atoms with Crippen LogP contribution in [0.15, 0.2) is 18.3 Å². The van der Waals surface area contributed by atoms with Gasteiger partial charge in [-0.25, -0.2) is 10.5 Å². The molecule has 3 N–H and O–H groups in total. The maximum absolute atomic E-state index is 12.6. The van der Waals surface area contributed by atoms with E-state index in [1.807, 2.05) is 13.8 Å². The lowest BCUT2D eigenvalue weighted by Gasteiger charge is -2.32. The van der Waals surface area contributed by atoms with Crippen molar-refractivity contribution >= 4 is 27.7 Å². The minimum absolute atomic E-state index is 0.0704. The van der Waals surface area contributed by atoms with E-state index >= 15 is 0 Å². The number of amides is 1. The van der Waals surface area contributed by atoms with E-state index < -0.39 is 22.2 Å². The van der Waals surface area contributed by atoms with Crippen molar-refractivity contribution in [2.45, 2.75) is 45.3 Å². The molecule has 0 aromatic carbocycles. The maximum atomic E-state index is 12.6. The Morgan fingerprint density at radius 1 is 1.41 bits per heavy atom. The fourth-order valence-corrected chi connectivity index (χ4v) is 4.32. The lowest BCUT2D eigenvalue weighted by molar-refractivity contribution is -0.131. The Hall–Kier alpha value is -1.46.